The molecular formula is C19H13N3S2. The third-order valence-electron chi connectivity index (χ3n) is 4.09. The molecule has 24 heavy (non-hydrogen) atoms. The van der Waals surface area contributed by atoms with Crippen molar-refractivity contribution in [2.45, 2.75) is 6.54 Å². The summed E-state index contributed by atoms with van der Waals surface area (Å²) in [5, 5.41) is 7.07. The van der Waals surface area contributed by atoms with Crippen molar-refractivity contribution in [3.8, 4) is 0 Å². The monoisotopic (exact) mass is 347 g/mol. The van der Waals surface area contributed by atoms with Gasteiger partial charge in [-0.05, 0) is 35.0 Å². The van der Waals surface area contributed by atoms with Crippen LogP contribution in [0.2, 0.25) is 0 Å². The number of anilines is 1. The van der Waals surface area contributed by atoms with Crippen LogP contribution >= 0.6 is 22.7 Å². The minimum Gasteiger partial charge on any atom is -0.379 e. The molecule has 0 saturated carbocycles. The predicted octanol–water partition coefficient (Wildman–Crippen LogP) is 5.67. The highest BCUT2D eigenvalue weighted by Gasteiger charge is 2.09. The summed E-state index contributed by atoms with van der Waals surface area (Å²) in [7, 11) is 0. The second kappa shape index (κ2) is 5.54. The number of nitrogens with zero attached hydrogens (tertiary/aromatic N) is 2. The molecule has 0 atom stereocenters. The molecule has 1 N–H and O–H groups in total. The van der Waals surface area contributed by atoms with Gasteiger partial charge in [-0.15, -0.1) is 22.7 Å². The molecule has 0 aliphatic rings. The number of benzene rings is 3. The lowest BCUT2D eigenvalue weighted by Crippen LogP contribution is -1.98. The molecule has 0 unspecified atom stereocenters. The van der Waals surface area contributed by atoms with Gasteiger partial charge in [0.25, 0.3) is 0 Å². The van der Waals surface area contributed by atoms with E-state index in [0.29, 0.717) is 0 Å². The van der Waals surface area contributed by atoms with Crippen LogP contribution in [-0.4, -0.2) is 9.97 Å². The van der Waals surface area contributed by atoms with E-state index in [-0.39, 0.29) is 0 Å². The van der Waals surface area contributed by atoms with Gasteiger partial charge in [0.15, 0.2) is 0 Å². The quantitative estimate of drug-likeness (QED) is 0.457. The minimum absolute atomic E-state index is 0.726. The first-order valence-corrected chi connectivity index (χ1v) is 9.41. The summed E-state index contributed by atoms with van der Waals surface area (Å²) in [6.45, 7) is 0.726. The lowest BCUT2D eigenvalue weighted by Gasteiger charge is -2.05. The normalized spacial score (nSPS) is 11.5. The standard InChI is InChI=1S/C19H13N3S2/c1-2-4-13-9-14(6-5-12(13)3-1)20-10-17-22-15-7-8-16-18(19(15)24-17)21-11-23-16/h1-9,11,20H,10H2. The number of rotatable bonds is 3. The van der Waals surface area contributed by atoms with Gasteiger partial charge in [0, 0.05) is 5.69 Å². The van der Waals surface area contributed by atoms with Crippen LogP contribution in [0.25, 0.3) is 31.2 Å². The second-order valence-corrected chi connectivity index (χ2v) is 7.61. The average Bonchev–Trinajstić information content (AvgIpc) is 3.25. The number of fused-ring (bicyclic) bond motifs is 4. The lowest BCUT2D eigenvalue weighted by atomic mass is 10.1. The van der Waals surface area contributed by atoms with Gasteiger partial charge in [0.05, 0.1) is 27.0 Å². The zero-order valence-corrected chi connectivity index (χ0v) is 14.3. The molecule has 0 radical (unpaired) electrons. The fourth-order valence-corrected chi connectivity index (χ4v) is 4.66. The number of nitrogens with one attached hydrogen (secondary N) is 1. The zero-order chi connectivity index (χ0) is 15.9. The number of hydrogen-bond acceptors (Lipinski definition) is 5. The van der Waals surface area contributed by atoms with E-state index >= 15 is 0 Å². The summed E-state index contributed by atoms with van der Waals surface area (Å²) >= 11 is 3.40. The maximum atomic E-state index is 4.74. The lowest BCUT2D eigenvalue weighted by molar-refractivity contribution is 1.12. The fraction of sp³-hybridized carbons (Fsp3) is 0.0526. The van der Waals surface area contributed by atoms with Gasteiger partial charge in [0.1, 0.15) is 10.5 Å². The topological polar surface area (TPSA) is 37.8 Å². The molecule has 116 valence electrons. The van der Waals surface area contributed by atoms with E-state index in [2.05, 4.69) is 64.9 Å². The molecule has 3 aromatic carbocycles. The SMILES string of the molecule is c1ccc2cc(NCc3nc4ccc5scnc5c4s3)ccc2c1. The van der Waals surface area contributed by atoms with Crippen molar-refractivity contribution in [3.05, 3.63) is 65.1 Å². The summed E-state index contributed by atoms with van der Waals surface area (Å²) in [4.78, 5) is 9.22. The molecule has 2 aromatic heterocycles. The van der Waals surface area contributed by atoms with E-state index < -0.39 is 0 Å². The maximum absolute atomic E-state index is 4.74. The highest BCUT2D eigenvalue weighted by molar-refractivity contribution is 7.21. The number of aromatic nitrogens is 2. The molecule has 0 aliphatic carbocycles. The Morgan fingerprint density at radius 3 is 2.83 bits per heavy atom. The van der Waals surface area contributed by atoms with Crippen LogP contribution in [0, 0.1) is 0 Å². The van der Waals surface area contributed by atoms with Crippen molar-refractivity contribution in [2.24, 2.45) is 0 Å². The Balaban J connectivity index is 1.45. The van der Waals surface area contributed by atoms with Crippen LogP contribution in [0.4, 0.5) is 5.69 Å². The molecule has 0 saturated heterocycles. The Hall–Kier alpha value is -2.50. The van der Waals surface area contributed by atoms with Crippen LogP contribution in [-0.2, 0) is 6.54 Å². The minimum atomic E-state index is 0.726. The molecular weight excluding hydrogens is 334 g/mol. The smallest absolute Gasteiger partial charge is 0.113 e. The van der Waals surface area contributed by atoms with Crippen molar-refractivity contribution in [3.63, 3.8) is 0 Å². The van der Waals surface area contributed by atoms with Crippen LogP contribution in [0.3, 0.4) is 0 Å². The maximum Gasteiger partial charge on any atom is 0.113 e. The molecule has 5 heteroatoms. The third-order valence-corrected chi connectivity index (χ3v) is 5.97. The number of thiazole rings is 2. The van der Waals surface area contributed by atoms with Gasteiger partial charge in [-0.2, -0.15) is 0 Å². The second-order valence-electron chi connectivity index (χ2n) is 5.64. The van der Waals surface area contributed by atoms with E-state index in [9.17, 15) is 0 Å². The van der Waals surface area contributed by atoms with E-state index in [1.54, 1.807) is 22.7 Å². The van der Waals surface area contributed by atoms with Gasteiger partial charge >= 0.3 is 0 Å². The van der Waals surface area contributed by atoms with Gasteiger partial charge in [-0.25, -0.2) is 9.97 Å². The van der Waals surface area contributed by atoms with Gasteiger partial charge in [-0.1, -0.05) is 30.3 Å². The molecule has 5 rings (SSSR count). The van der Waals surface area contributed by atoms with E-state index in [4.69, 9.17) is 4.98 Å². The van der Waals surface area contributed by atoms with Gasteiger partial charge < -0.3 is 5.32 Å². The summed E-state index contributed by atoms with van der Waals surface area (Å²) in [5.74, 6) is 0. The Morgan fingerprint density at radius 1 is 0.958 bits per heavy atom. The Kier molecular flexibility index (Phi) is 3.21. The first-order chi connectivity index (χ1) is 11.9. The van der Waals surface area contributed by atoms with E-state index in [1.165, 1.54) is 20.2 Å². The van der Waals surface area contributed by atoms with E-state index in [1.807, 2.05) is 5.51 Å². The van der Waals surface area contributed by atoms with Crippen LogP contribution in [0.1, 0.15) is 5.01 Å². The summed E-state index contributed by atoms with van der Waals surface area (Å²) < 4.78 is 2.41. The molecule has 3 nitrogen and oxygen atoms in total. The van der Waals surface area contributed by atoms with Crippen molar-refractivity contribution in [1.29, 1.82) is 0 Å². The molecule has 0 aliphatic heterocycles. The molecule has 0 fully saturated rings. The van der Waals surface area contributed by atoms with Crippen LogP contribution in [0.15, 0.2) is 60.1 Å². The molecule has 2 heterocycles. The predicted molar refractivity (Wildman–Crippen MR) is 104 cm³/mol. The third kappa shape index (κ3) is 2.33. The van der Waals surface area contributed by atoms with Crippen molar-refractivity contribution >= 4 is 59.6 Å². The summed E-state index contributed by atoms with van der Waals surface area (Å²) in [5.41, 5.74) is 5.13. The van der Waals surface area contributed by atoms with Crippen molar-refractivity contribution < 1.29 is 0 Å². The first-order valence-electron chi connectivity index (χ1n) is 7.71. The molecule has 0 bridgehead atoms. The molecule has 5 aromatic rings. The highest BCUT2D eigenvalue weighted by atomic mass is 32.1. The van der Waals surface area contributed by atoms with Crippen LogP contribution in [0.5, 0.6) is 0 Å². The van der Waals surface area contributed by atoms with Gasteiger partial charge in [-0.3, -0.25) is 0 Å². The molecule has 0 amide bonds. The molecule has 0 spiro atoms. The largest absolute Gasteiger partial charge is 0.379 e. The van der Waals surface area contributed by atoms with Gasteiger partial charge in [0.2, 0.25) is 0 Å². The Labute approximate surface area is 146 Å². The first kappa shape index (κ1) is 13.9. The fourth-order valence-electron chi connectivity index (χ4n) is 2.91. The Bertz CT molecular complexity index is 1170. The van der Waals surface area contributed by atoms with Crippen LogP contribution < -0.4 is 5.32 Å². The van der Waals surface area contributed by atoms with Crippen molar-refractivity contribution in [2.75, 3.05) is 5.32 Å². The van der Waals surface area contributed by atoms with Crippen molar-refractivity contribution in [1.82, 2.24) is 9.97 Å². The number of hydrogen-bond donors (Lipinski definition) is 1. The summed E-state index contributed by atoms with van der Waals surface area (Å²) in [6, 6.07) is 19.0. The average molecular weight is 347 g/mol. The summed E-state index contributed by atoms with van der Waals surface area (Å²) in [6.07, 6.45) is 0. The zero-order valence-electron chi connectivity index (χ0n) is 12.7. The van der Waals surface area contributed by atoms with E-state index in [0.717, 1.165) is 28.3 Å². The Morgan fingerprint density at radius 2 is 1.88 bits per heavy atom. The highest BCUT2D eigenvalue weighted by Crippen LogP contribution is 2.31.